The van der Waals surface area contributed by atoms with Crippen LogP contribution in [0.3, 0.4) is 0 Å². The Morgan fingerprint density at radius 3 is 2.67 bits per heavy atom. The molecule has 0 amide bonds. The van der Waals surface area contributed by atoms with Crippen molar-refractivity contribution < 1.29 is 4.74 Å². The largest absolute Gasteiger partial charge is 0.378 e. The van der Waals surface area contributed by atoms with Crippen molar-refractivity contribution >= 4 is 0 Å². The van der Waals surface area contributed by atoms with Gasteiger partial charge in [0.15, 0.2) is 0 Å². The molecule has 3 nitrogen and oxygen atoms in total. The summed E-state index contributed by atoms with van der Waals surface area (Å²) in [5.74, 6) is 0.921. The maximum Gasteiger partial charge on any atom is 0.0561 e. The molecule has 1 saturated carbocycles. The summed E-state index contributed by atoms with van der Waals surface area (Å²) in [6.45, 7) is 10.4. The maximum atomic E-state index is 5.70. The molecule has 4 unspecified atom stereocenters. The summed E-state index contributed by atoms with van der Waals surface area (Å²) >= 11 is 0. The zero-order valence-corrected chi connectivity index (χ0v) is 12.1. The van der Waals surface area contributed by atoms with Gasteiger partial charge in [0, 0.05) is 37.3 Å². The first-order chi connectivity index (χ1) is 8.58. The van der Waals surface area contributed by atoms with Crippen molar-refractivity contribution in [1.82, 2.24) is 10.2 Å². The number of hydrogen-bond acceptors (Lipinski definition) is 3. The van der Waals surface area contributed by atoms with E-state index in [1.807, 2.05) is 0 Å². The molecule has 1 N–H and O–H groups in total. The van der Waals surface area contributed by atoms with Crippen LogP contribution >= 0.6 is 0 Å². The average molecular weight is 252 g/mol. The quantitative estimate of drug-likeness (QED) is 0.814. The second-order valence-corrected chi connectivity index (χ2v) is 6.95. The lowest BCUT2D eigenvalue weighted by Crippen LogP contribution is -2.65. The average Bonchev–Trinajstić information content (AvgIpc) is 3.17. The van der Waals surface area contributed by atoms with Gasteiger partial charge in [-0.3, -0.25) is 4.90 Å². The highest BCUT2D eigenvalue weighted by atomic mass is 16.5. The number of nitrogens with one attached hydrogen (secondary N) is 1. The lowest BCUT2D eigenvalue weighted by Gasteiger charge is -2.50. The monoisotopic (exact) mass is 252 g/mol. The van der Waals surface area contributed by atoms with Gasteiger partial charge in [0.2, 0.25) is 0 Å². The summed E-state index contributed by atoms with van der Waals surface area (Å²) in [5.41, 5.74) is 0.369. The van der Waals surface area contributed by atoms with Crippen molar-refractivity contribution in [3.8, 4) is 0 Å². The molecule has 4 atom stereocenters. The van der Waals surface area contributed by atoms with Crippen molar-refractivity contribution in [3.05, 3.63) is 0 Å². The fraction of sp³-hybridized carbons (Fsp3) is 1.00. The fourth-order valence-corrected chi connectivity index (χ4v) is 3.85. The van der Waals surface area contributed by atoms with Gasteiger partial charge in [0.1, 0.15) is 0 Å². The Kier molecular flexibility index (Phi) is 3.41. The third kappa shape index (κ3) is 2.45. The highest BCUT2D eigenvalue weighted by Crippen LogP contribution is 2.42. The Morgan fingerprint density at radius 1 is 1.22 bits per heavy atom. The van der Waals surface area contributed by atoms with Crippen molar-refractivity contribution in [2.45, 2.75) is 70.2 Å². The van der Waals surface area contributed by atoms with Crippen LogP contribution in [0.5, 0.6) is 0 Å². The van der Waals surface area contributed by atoms with Crippen LogP contribution in [-0.2, 0) is 4.74 Å². The molecule has 1 aliphatic carbocycles. The molecular weight excluding hydrogens is 224 g/mol. The van der Waals surface area contributed by atoms with Crippen LogP contribution in [0.15, 0.2) is 0 Å². The fourth-order valence-electron chi connectivity index (χ4n) is 3.85. The van der Waals surface area contributed by atoms with E-state index in [1.165, 1.54) is 32.2 Å². The van der Waals surface area contributed by atoms with Gasteiger partial charge in [0.05, 0.1) is 6.10 Å². The summed E-state index contributed by atoms with van der Waals surface area (Å²) in [6, 6.07) is 1.41. The molecule has 0 bridgehead atoms. The summed E-state index contributed by atoms with van der Waals surface area (Å²) < 4.78 is 5.70. The highest BCUT2D eigenvalue weighted by molar-refractivity contribution is 5.04. The third-order valence-electron chi connectivity index (χ3n) is 5.28. The van der Waals surface area contributed by atoms with Crippen LogP contribution in [0.1, 0.15) is 46.5 Å². The summed E-state index contributed by atoms with van der Waals surface area (Å²) in [7, 11) is 0. The number of ether oxygens (including phenoxy) is 1. The van der Waals surface area contributed by atoms with E-state index in [0.29, 0.717) is 17.7 Å². The minimum absolute atomic E-state index is 0.369. The zero-order valence-electron chi connectivity index (χ0n) is 12.1. The lowest BCUT2D eigenvalue weighted by molar-refractivity contribution is -0.0454. The van der Waals surface area contributed by atoms with E-state index in [0.717, 1.165) is 25.1 Å². The van der Waals surface area contributed by atoms with Crippen molar-refractivity contribution in [2.75, 3.05) is 19.7 Å². The predicted octanol–water partition coefficient (Wildman–Crippen LogP) is 2.02. The smallest absolute Gasteiger partial charge is 0.0561 e. The van der Waals surface area contributed by atoms with E-state index in [2.05, 4.69) is 31.0 Å². The van der Waals surface area contributed by atoms with Crippen LogP contribution in [0, 0.1) is 5.92 Å². The number of rotatable bonds is 2. The molecule has 3 rings (SSSR count). The van der Waals surface area contributed by atoms with Gasteiger partial charge in [-0.15, -0.1) is 0 Å². The molecule has 0 aromatic heterocycles. The molecule has 0 spiro atoms. The van der Waals surface area contributed by atoms with Crippen LogP contribution in [0.4, 0.5) is 0 Å². The van der Waals surface area contributed by atoms with Gasteiger partial charge in [-0.05, 0) is 52.4 Å². The van der Waals surface area contributed by atoms with Crippen LogP contribution < -0.4 is 5.32 Å². The Labute approximate surface area is 111 Å². The van der Waals surface area contributed by atoms with Crippen molar-refractivity contribution in [3.63, 3.8) is 0 Å². The van der Waals surface area contributed by atoms with Crippen molar-refractivity contribution in [2.24, 2.45) is 5.92 Å². The number of hydrogen-bond donors (Lipinski definition) is 1. The van der Waals surface area contributed by atoms with E-state index in [9.17, 15) is 0 Å². The van der Waals surface area contributed by atoms with Crippen LogP contribution in [-0.4, -0.2) is 48.3 Å². The molecule has 0 radical (unpaired) electrons. The van der Waals surface area contributed by atoms with Crippen LogP contribution in [0.2, 0.25) is 0 Å². The molecule has 2 saturated heterocycles. The third-order valence-corrected chi connectivity index (χ3v) is 5.28. The van der Waals surface area contributed by atoms with E-state index < -0.39 is 0 Å². The Morgan fingerprint density at radius 2 is 2.00 bits per heavy atom. The van der Waals surface area contributed by atoms with Gasteiger partial charge >= 0.3 is 0 Å². The van der Waals surface area contributed by atoms with Gasteiger partial charge in [-0.1, -0.05) is 0 Å². The SMILES string of the molecule is CC1CC(N2CC(C)(C3CC3)NCC2C)CCO1. The topological polar surface area (TPSA) is 24.5 Å². The van der Waals surface area contributed by atoms with Crippen LogP contribution in [0.25, 0.3) is 0 Å². The Bertz CT molecular complexity index is 305. The molecule has 3 fully saturated rings. The standard InChI is InChI=1S/C15H28N2O/c1-11-9-16-15(3,13-4-5-13)10-17(11)14-6-7-18-12(2)8-14/h11-14,16H,4-10H2,1-3H3. The first kappa shape index (κ1) is 12.9. The molecule has 3 aliphatic rings. The molecule has 2 heterocycles. The van der Waals surface area contributed by atoms with Gasteiger partial charge < -0.3 is 10.1 Å². The minimum Gasteiger partial charge on any atom is -0.378 e. The first-order valence-corrected chi connectivity index (χ1v) is 7.71. The highest BCUT2D eigenvalue weighted by Gasteiger charge is 2.46. The predicted molar refractivity (Wildman–Crippen MR) is 73.7 cm³/mol. The van der Waals surface area contributed by atoms with E-state index in [1.54, 1.807) is 0 Å². The summed E-state index contributed by atoms with van der Waals surface area (Å²) in [6.07, 6.45) is 5.73. The first-order valence-electron chi connectivity index (χ1n) is 7.71. The normalized spacial score (nSPS) is 47.2. The molecule has 18 heavy (non-hydrogen) atoms. The van der Waals surface area contributed by atoms with E-state index in [4.69, 9.17) is 4.74 Å². The summed E-state index contributed by atoms with van der Waals surface area (Å²) in [4.78, 5) is 2.77. The van der Waals surface area contributed by atoms with E-state index >= 15 is 0 Å². The Hall–Kier alpha value is -0.120. The number of piperazine rings is 1. The maximum absolute atomic E-state index is 5.70. The zero-order chi connectivity index (χ0) is 12.8. The lowest BCUT2D eigenvalue weighted by atomic mass is 9.88. The van der Waals surface area contributed by atoms with Crippen molar-refractivity contribution in [1.29, 1.82) is 0 Å². The van der Waals surface area contributed by atoms with Gasteiger partial charge in [-0.2, -0.15) is 0 Å². The molecule has 2 aliphatic heterocycles. The van der Waals surface area contributed by atoms with Gasteiger partial charge in [0.25, 0.3) is 0 Å². The van der Waals surface area contributed by atoms with E-state index in [-0.39, 0.29) is 0 Å². The molecule has 0 aromatic carbocycles. The minimum atomic E-state index is 0.369. The number of nitrogens with zero attached hydrogens (tertiary/aromatic N) is 1. The summed E-state index contributed by atoms with van der Waals surface area (Å²) in [5, 5.41) is 3.81. The van der Waals surface area contributed by atoms with Gasteiger partial charge in [-0.25, -0.2) is 0 Å². The molecule has 0 aromatic rings. The molecule has 104 valence electrons. The molecule has 3 heteroatoms. The second-order valence-electron chi connectivity index (χ2n) is 6.95. The molecular formula is C15H28N2O. The Balaban J connectivity index is 1.68. The second kappa shape index (κ2) is 4.77.